The van der Waals surface area contributed by atoms with Crippen molar-refractivity contribution in [2.45, 2.75) is 38.0 Å². The van der Waals surface area contributed by atoms with Crippen molar-refractivity contribution in [1.29, 1.82) is 0 Å². The Labute approximate surface area is 187 Å². The molecule has 0 atom stereocenters. The van der Waals surface area contributed by atoms with Crippen LogP contribution in [0.4, 0.5) is 23.2 Å². The molecule has 0 bridgehead atoms. The minimum absolute atomic E-state index is 0.0472. The van der Waals surface area contributed by atoms with E-state index in [9.17, 15) is 22.4 Å². The number of anilines is 1. The van der Waals surface area contributed by atoms with Crippen LogP contribution in [0.5, 0.6) is 0 Å². The molecule has 2 heterocycles. The van der Waals surface area contributed by atoms with Crippen LogP contribution in [0.15, 0.2) is 35.1 Å². The maximum absolute atomic E-state index is 13.2. The maximum atomic E-state index is 13.2. The second-order valence-electron chi connectivity index (χ2n) is 7.19. The predicted molar refractivity (Wildman–Crippen MR) is 108 cm³/mol. The van der Waals surface area contributed by atoms with Crippen LogP contribution in [0.3, 0.4) is 0 Å². The number of hydrogen-bond acceptors (Lipinski definition) is 3. The third-order valence-electron chi connectivity index (χ3n) is 4.72. The van der Waals surface area contributed by atoms with Gasteiger partial charge in [-0.3, -0.25) is 14.2 Å². The molecule has 2 aromatic heterocycles. The topological polar surface area (TPSA) is 64.7 Å². The van der Waals surface area contributed by atoms with Crippen molar-refractivity contribution in [3.63, 3.8) is 0 Å². The van der Waals surface area contributed by atoms with E-state index in [4.69, 9.17) is 11.6 Å². The van der Waals surface area contributed by atoms with E-state index >= 15 is 0 Å². The van der Waals surface area contributed by atoms with Crippen LogP contribution in [0.2, 0.25) is 5.02 Å². The van der Waals surface area contributed by atoms with Gasteiger partial charge in [-0.2, -0.15) is 23.4 Å². The molecule has 1 aromatic carbocycles. The Balaban J connectivity index is 1.45. The van der Waals surface area contributed by atoms with Crippen molar-refractivity contribution in [3.8, 4) is 0 Å². The van der Waals surface area contributed by atoms with E-state index in [-0.39, 0.29) is 28.5 Å². The van der Waals surface area contributed by atoms with Crippen molar-refractivity contribution in [1.82, 2.24) is 19.6 Å². The summed E-state index contributed by atoms with van der Waals surface area (Å²) < 4.78 is 55.2. The highest BCUT2D eigenvalue weighted by molar-refractivity contribution is 9.10. The second kappa shape index (κ2) is 8.27. The second-order valence-corrected chi connectivity index (χ2v) is 8.39. The highest BCUT2D eigenvalue weighted by Gasteiger charge is 2.41. The first-order valence-electron chi connectivity index (χ1n) is 9.21. The summed E-state index contributed by atoms with van der Waals surface area (Å²) in [5.41, 5.74) is 0.341. The summed E-state index contributed by atoms with van der Waals surface area (Å²) >= 11 is 9.01. The smallest absolute Gasteiger partial charge is 0.322 e. The SMILES string of the molecule is O=C(Cn1nc(C(F)(F)F)c(Br)c1C1CC1)Nc1cnn(Cc2ccc(F)cc2Cl)c1. The molecule has 1 amide bonds. The van der Waals surface area contributed by atoms with Crippen LogP contribution < -0.4 is 5.32 Å². The van der Waals surface area contributed by atoms with E-state index in [2.05, 4.69) is 31.4 Å². The van der Waals surface area contributed by atoms with Gasteiger partial charge in [0.2, 0.25) is 5.91 Å². The van der Waals surface area contributed by atoms with Crippen LogP contribution in [0, 0.1) is 5.82 Å². The lowest BCUT2D eigenvalue weighted by Gasteiger charge is -2.07. The molecule has 31 heavy (non-hydrogen) atoms. The van der Waals surface area contributed by atoms with Gasteiger partial charge in [0.15, 0.2) is 5.69 Å². The summed E-state index contributed by atoms with van der Waals surface area (Å²) in [6.07, 6.45) is -0.173. The molecule has 0 saturated heterocycles. The summed E-state index contributed by atoms with van der Waals surface area (Å²) in [6.45, 7) is -0.114. The lowest BCUT2D eigenvalue weighted by Crippen LogP contribution is -2.21. The number of carbonyl (C=O) groups is 1. The van der Waals surface area contributed by atoms with Crippen molar-refractivity contribution in [2.24, 2.45) is 0 Å². The number of nitrogens with zero attached hydrogens (tertiary/aromatic N) is 4. The van der Waals surface area contributed by atoms with Gasteiger partial charge in [0.1, 0.15) is 12.4 Å². The van der Waals surface area contributed by atoms with Gasteiger partial charge in [-0.1, -0.05) is 17.7 Å². The lowest BCUT2D eigenvalue weighted by molar-refractivity contribution is -0.142. The van der Waals surface area contributed by atoms with Crippen molar-refractivity contribution < 1.29 is 22.4 Å². The molecule has 0 radical (unpaired) electrons. The Morgan fingerprint density at radius 2 is 2.06 bits per heavy atom. The van der Waals surface area contributed by atoms with Gasteiger partial charge in [0.25, 0.3) is 0 Å². The number of benzene rings is 1. The third-order valence-corrected chi connectivity index (χ3v) is 5.86. The maximum Gasteiger partial charge on any atom is 0.436 e. The van der Waals surface area contributed by atoms with Gasteiger partial charge in [-0.05, 0) is 46.5 Å². The number of carbonyl (C=O) groups excluding carboxylic acids is 1. The minimum Gasteiger partial charge on any atom is -0.322 e. The van der Waals surface area contributed by atoms with Crippen LogP contribution in [0.25, 0.3) is 0 Å². The Bertz CT molecular complexity index is 1140. The van der Waals surface area contributed by atoms with Gasteiger partial charge in [0.05, 0.1) is 28.6 Å². The molecule has 4 rings (SSSR count). The first-order chi connectivity index (χ1) is 14.6. The summed E-state index contributed by atoms with van der Waals surface area (Å²) in [7, 11) is 0. The van der Waals surface area contributed by atoms with E-state index in [1.807, 2.05) is 0 Å². The van der Waals surface area contributed by atoms with Crippen LogP contribution in [-0.2, 0) is 24.1 Å². The average Bonchev–Trinajstić information content (AvgIpc) is 3.31. The standard InChI is InChI=1S/C19H15BrClF4N5O/c20-16-17(10-1-2-10)30(28-18(16)19(23,24)25)9-15(31)27-13-6-26-29(8-13)7-11-3-4-12(22)5-14(11)21/h3-6,8,10H,1-2,7,9H2,(H,27,31). The van der Waals surface area contributed by atoms with Crippen LogP contribution in [0.1, 0.15) is 35.7 Å². The van der Waals surface area contributed by atoms with Crippen LogP contribution in [-0.4, -0.2) is 25.5 Å². The van der Waals surface area contributed by atoms with Gasteiger partial charge in [0, 0.05) is 17.1 Å². The van der Waals surface area contributed by atoms with Crippen LogP contribution >= 0.6 is 27.5 Å². The quantitative estimate of drug-likeness (QED) is 0.454. The zero-order valence-electron chi connectivity index (χ0n) is 15.8. The molecule has 1 aliphatic carbocycles. The number of amides is 1. The first-order valence-corrected chi connectivity index (χ1v) is 10.4. The monoisotopic (exact) mass is 519 g/mol. The minimum atomic E-state index is -4.62. The normalized spacial score (nSPS) is 14.1. The molecule has 1 N–H and O–H groups in total. The lowest BCUT2D eigenvalue weighted by atomic mass is 10.2. The van der Waals surface area contributed by atoms with Gasteiger partial charge in [-0.15, -0.1) is 0 Å². The highest BCUT2D eigenvalue weighted by atomic mass is 79.9. The van der Waals surface area contributed by atoms with Crippen molar-refractivity contribution in [2.75, 3.05) is 5.32 Å². The number of hydrogen-bond donors (Lipinski definition) is 1. The predicted octanol–water partition coefficient (Wildman–Crippen LogP) is 5.22. The zero-order chi connectivity index (χ0) is 22.3. The van der Waals surface area contributed by atoms with E-state index in [1.165, 1.54) is 29.1 Å². The molecule has 1 fully saturated rings. The Morgan fingerprint density at radius 1 is 1.32 bits per heavy atom. The Morgan fingerprint density at radius 3 is 2.71 bits per heavy atom. The number of rotatable bonds is 6. The van der Waals surface area contributed by atoms with E-state index in [0.29, 0.717) is 16.9 Å². The molecular weight excluding hydrogens is 506 g/mol. The highest BCUT2D eigenvalue weighted by Crippen LogP contribution is 2.46. The largest absolute Gasteiger partial charge is 0.436 e. The van der Waals surface area contributed by atoms with E-state index in [0.717, 1.165) is 17.5 Å². The van der Waals surface area contributed by atoms with E-state index < -0.39 is 23.6 Å². The molecule has 12 heteroatoms. The fraction of sp³-hybridized carbons (Fsp3) is 0.316. The first kappa shape index (κ1) is 21.8. The number of nitrogens with one attached hydrogen (secondary N) is 1. The summed E-state index contributed by atoms with van der Waals surface area (Å²) in [5.74, 6) is -1.04. The van der Waals surface area contributed by atoms with E-state index in [1.54, 1.807) is 6.20 Å². The molecule has 6 nitrogen and oxygen atoms in total. The van der Waals surface area contributed by atoms with Crippen molar-refractivity contribution in [3.05, 3.63) is 62.9 Å². The molecule has 3 aromatic rings. The third kappa shape index (κ3) is 4.93. The van der Waals surface area contributed by atoms with Gasteiger partial charge >= 0.3 is 6.18 Å². The fourth-order valence-corrected chi connectivity index (χ4v) is 4.24. The number of halogens is 6. The Hall–Kier alpha value is -2.40. The van der Waals surface area contributed by atoms with Gasteiger partial charge in [-0.25, -0.2) is 4.39 Å². The fourth-order valence-electron chi connectivity index (χ4n) is 3.18. The summed E-state index contributed by atoms with van der Waals surface area (Å²) in [6, 6.07) is 4.00. The molecular formula is C19H15BrClF4N5O. The molecule has 0 unspecified atom stereocenters. The van der Waals surface area contributed by atoms with Crippen molar-refractivity contribution >= 4 is 39.1 Å². The average molecular weight is 521 g/mol. The number of aromatic nitrogens is 4. The molecule has 1 saturated carbocycles. The molecule has 0 aliphatic heterocycles. The molecule has 1 aliphatic rings. The Kier molecular flexibility index (Phi) is 5.82. The van der Waals surface area contributed by atoms with Gasteiger partial charge < -0.3 is 5.32 Å². The zero-order valence-corrected chi connectivity index (χ0v) is 18.1. The number of alkyl halides is 3. The summed E-state index contributed by atoms with van der Waals surface area (Å²) in [5, 5.41) is 10.6. The molecule has 0 spiro atoms. The molecule has 164 valence electrons. The summed E-state index contributed by atoms with van der Waals surface area (Å²) in [4.78, 5) is 12.4.